The van der Waals surface area contributed by atoms with E-state index in [9.17, 15) is 0 Å². The summed E-state index contributed by atoms with van der Waals surface area (Å²) in [5.74, 6) is 1.64. The van der Waals surface area contributed by atoms with Crippen LogP contribution in [-0.4, -0.2) is 62.3 Å². The predicted molar refractivity (Wildman–Crippen MR) is 87.2 cm³/mol. The van der Waals surface area contributed by atoms with Crippen LogP contribution in [0.2, 0.25) is 0 Å². The van der Waals surface area contributed by atoms with Gasteiger partial charge in [-0.2, -0.15) is 0 Å². The van der Waals surface area contributed by atoms with Gasteiger partial charge in [-0.05, 0) is 24.7 Å². The molecule has 1 atom stereocenters. The standard InChI is InChI=1S/C17H36N2O/c1-5-17(4)7-6-13-20-14-12-18-8-10-19(11-9-18)15-16(2)3/h16-17H,5-15H2,1-4H3. The number of hydrogen-bond acceptors (Lipinski definition) is 3. The summed E-state index contributed by atoms with van der Waals surface area (Å²) in [6.07, 6.45) is 3.82. The summed E-state index contributed by atoms with van der Waals surface area (Å²) in [5, 5.41) is 0. The summed E-state index contributed by atoms with van der Waals surface area (Å²) in [6.45, 7) is 18.3. The van der Waals surface area contributed by atoms with Gasteiger partial charge in [0.25, 0.3) is 0 Å². The van der Waals surface area contributed by atoms with Gasteiger partial charge in [0.15, 0.2) is 0 Å². The van der Waals surface area contributed by atoms with Crippen LogP contribution in [0.3, 0.4) is 0 Å². The van der Waals surface area contributed by atoms with Crippen molar-refractivity contribution in [2.75, 3.05) is 52.5 Å². The summed E-state index contributed by atoms with van der Waals surface area (Å²) in [6, 6.07) is 0. The molecule has 1 unspecified atom stereocenters. The monoisotopic (exact) mass is 284 g/mol. The molecule has 0 aromatic rings. The lowest BCUT2D eigenvalue weighted by Crippen LogP contribution is -2.48. The van der Waals surface area contributed by atoms with Crippen molar-refractivity contribution >= 4 is 0 Å². The Balaban J connectivity index is 1.94. The van der Waals surface area contributed by atoms with E-state index in [4.69, 9.17) is 4.74 Å². The van der Waals surface area contributed by atoms with E-state index in [0.29, 0.717) is 0 Å². The van der Waals surface area contributed by atoms with E-state index < -0.39 is 0 Å². The van der Waals surface area contributed by atoms with E-state index >= 15 is 0 Å². The van der Waals surface area contributed by atoms with Crippen molar-refractivity contribution < 1.29 is 4.74 Å². The molecule has 3 nitrogen and oxygen atoms in total. The molecule has 0 amide bonds. The predicted octanol–water partition coefficient (Wildman–Crippen LogP) is 3.10. The quantitative estimate of drug-likeness (QED) is 0.573. The van der Waals surface area contributed by atoms with E-state index in [0.717, 1.165) is 31.6 Å². The summed E-state index contributed by atoms with van der Waals surface area (Å²) < 4.78 is 5.77. The van der Waals surface area contributed by atoms with Crippen LogP contribution < -0.4 is 0 Å². The molecule has 1 saturated heterocycles. The first-order valence-corrected chi connectivity index (χ1v) is 8.64. The second-order valence-electron chi connectivity index (χ2n) is 6.80. The Morgan fingerprint density at radius 1 is 0.950 bits per heavy atom. The van der Waals surface area contributed by atoms with Crippen molar-refractivity contribution in [3.8, 4) is 0 Å². The zero-order valence-corrected chi connectivity index (χ0v) is 14.2. The molecule has 0 spiro atoms. The second-order valence-corrected chi connectivity index (χ2v) is 6.80. The second kappa shape index (κ2) is 10.6. The van der Waals surface area contributed by atoms with Gasteiger partial charge in [0.2, 0.25) is 0 Å². The van der Waals surface area contributed by atoms with E-state index in [1.54, 1.807) is 0 Å². The molecule has 0 saturated carbocycles. The van der Waals surface area contributed by atoms with Crippen LogP contribution in [0.1, 0.15) is 47.0 Å². The SMILES string of the molecule is CCC(C)CCCOCCN1CCN(CC(C)C)CC1. The first-order valence-electron chi connectivity index (χ1n) is 8.64. The van der Waals surface area contributed by atoms with Crippen LogP contribution in [0.15, 0.2) is 0 Å². The van der Waals surface area contributed by atoms with Crippen LogP contribution in [-0.2, 0) is 4.74 Å². The van der Waals surface area contributed by atoms with Crippen molar-refractivity contribution in [2.45, 2.75) is 47.0 Å². The molecule has 1 rings (SSSR count). The Bertz CT molecular complexity index is 225. The van der Waals surface area contributed by atoms with E-state index in [1.807, 2.05) is 0 Å². The zero-order chi connectivity index (χ0) is 14.8. The third kappa shape index (κ3) is 8.23. The molecule has 0 aromatic heterocycles. The highest BCUT2D eigenvalue weighted by atomic mass is 16.5. The van der Waals surface area contributed by atoms with Crippen molar-refractivity contribution in [2.24, 2.45) is 11.8 Å². The molecule has 0 N–H and O–H groups in total. The van der Waals surface area contributed by atoms with Gasteiger partial charge in [0, 0.05) is 45.9 Å². The van der Waals surface area contributed by atoms with E-state index in [-0.39, 0.29) is 0 Å². The maximum absolute atomic E-state index is 5.77. The molecule has 0 bridgehead atoms. The van der Waals surface area contributed by atoms with Gasteiger partial charge in [-0.25, -0.2) is 0 Å². The minimum atomic E-state index is 0.787. The van der Waals surface area contributed by atoms with E-state index in [1.165, 1.54) is 52.0 Å². The van der Waals surface area contributed by atoms with Crippen LogP contribution in [0.5, 0.6) is 0 Å². The Morgan fingerprint density at radius 3 is 2.20 bits per heavy atom. The number of nitrogens with zero attached hydrogens (tertiary/aromatic N) is 2. The number of hydrogen-bond donors (Lipinski definition) is 0. The first-order chi connectivity index (χ1) is 9.61. The Hall–Kier alpha value is -0.120. The van der Waals surface area contributed by atoms with Crippen LogP contribution >= 0.6 is 0 Å². The highest BCUT2D eigenvalue weighted by Gasteiger charge is 2.16. The van der Waals surface area contributed by atoms with Gasteiger partial charge in [-0.15, -0.1) is 0 Å². The average molecular weight is 284 g/mol. The number of rotatable bonds is 10. The summed E-state index contributed by atoms with van der Waals surface area (Å²) >= 11 is 0. The third-order valence-electron chi connectivity index (χ3n) is 4.32. The van der Waals surface area contributed by atoms with Gasteiger partial charge in [-0.3, -0.25) is 4.90 Å². The Labute approximate surface area is 126 Å². The summed E-state index contributed by atoms with van der Waals surface area (Å²) in [7, 11) is 0. The molecule has 1 aliphatic heterocycles. The number of ether oxygens (including phenoxy) is 1. The fraction of sp³-hybridized carbons (Fsp3) is 1.00. The molecular weight excluding hydrogens is 248 g/mol. The van der Waals surface area contributed by atoms with Crippen LogP contribution in [0.4, 0.5) is 0 Å². The van der Waals surface area contributed by atoms with Gasteiger partial charge < -0.3 is 9.64 Å². The van der Waals surface area contributed by atoms with Gasteiger partial charge in [0.1, 0.15) is 0 Å². The molecule has 1 fully saturated rings. The normalized spacial score (nSPS) is 19.6. The molecule has 0 aromatic carbocycles. The van der Waals surface area contributed by atoms with Crippen molar-refractivity contribution in [3.05, 3.63) is 0 Å². The summed E-state index contributed by atoms with van der Waals surface area (Å²) in [4.78, 5) is 5.14. The minimum absolute atomic E-state index is 0.787. The van der Waals surface area contributed by atoms with Crippen molar-refractivity contribution in [1.82, 2.24) is 9.80 Å². The lowest BCUT2D eigenvalue weighted by molar-refractivity contribution is 0.0699. The smallest absolute Gasteiger partial charge is 0.0593 e. The molecular formula is C17H36N2O. The largest absolute Gasteiger partial charge is 0.380 e. The maximum atomic E-state index is 5.77. The molecule has 3 heteroatoms. The minimum Gasteiger partial charge on any atom is -0.380 e. The highest BCUT2D eigenvalue weighted by Crippen LogP contribution is 2.09. The Morgan fingerprint density at radius 2 is 1.60 bits per heavy atom. The van der Waals surface area contributed by atoms with Crippen molar-refractivity contribution in [1.29, 1.82) is 0 Å². The molecule has 1 aliphatic rings. The number of piperazine rings is 1. The zero-order valence-electron chi connectivity index (χ0n) is 14.2. The molecule has 120 valence electrons. The van der Waals surface area contributed by atoms with Gasteiger partial charge in [-0.1, -0.05) is 34.1 Å². The lowest BCUT2D eigenvalue weighted by Gasteiger charge is -2.35. The van der Waals surface area contributed by atoms with Crippen LogP contribution in [0, 0.1) is 11.8 Å². The molecule has 20 heavy (non-hydrogen) atoms. The fourth-order valence-electron chi connectivity index (χ4n) is 2.75. The fourth-order valence-corrected chi connectivity index (χ4v) is 2.75. The Kier molecular flexibility index (Phi) is 9.49. The highest BCUT2D eigenvalue weighted by molar-refractivity contribution is 4.72. The van der Waals surface area contributed by atoms with Gasteiger partial charge >= 0.3 is 0 Å². The average Bonchev–Trinajstić information content (AvgIpc) is 2.43. The van der Waals surface area contributed by atoms with Crippen LogP contribution in [0.25, 0.3) is 0 Å². The topological polar surface area (TPSA) is 15.7 Å². The molecule has 1 heterocycles. The van der Waals surface area contributed by atoms with E-state index in [2.05, 4.69) is 37.5 Å². The molecule has 0 radical (unpaired) electrons. The van der Waals surface area contributed by atoms with Gasteiger partial charge in [0.05, 0.1) is 6.61 Å². The molecule has 0 aliphatic carbocycles. The first kappa shape index (κ1) is 17.9. The third-order valence-corrected chi connectivity index (χ3v) is 4.32. The summed E-state index contributed by atoms with van der Waals surface area (Å²) in [5.41, 5.74) is 0. The maximum Gasteiger partial charge on any atom is 0.0593 e. The lowest BCUT2D eigenvalue weighted by atomic mass is 10.0. The van der Waals surface area contributed by atoms with Crippen molar-refractivity contribution in [3.63, 3.8) is 0 Å².